The molecule has 3 aromatic carbocycles. The number of thiocarbonyl (C=S) groups is 1. The van der Waals surface area contributed by atoms with Crippen molar-refractivity contribution >= 4 is 17.3 Å². The van der Waals surface area contributed by atoms with Gasteiger partial charge in [-0.05, 0) is 66.4 Å². The highest BCUT2D eigenvalue weighted by Gasteiger charge is 2.42. The van der Waals surface area contributed by atoms with E-state index in [1.54, 1.807) is 12.1 Å². The molecule has 4 rings (SSSR count). The minimum Gasteiger partial charge on any atom is -0.504 e. The zero-order chi connectivity index (χ0) is 22.0. The molecule has 0 radical (unpaired) electrons. The number of nitrogens with zero attached hydrogens (tertiary/aromatic N) is 1. The van der Waals surface area contributed by atoms with E-state index in [1.165, 1.54) is 5.56 Å². The van der Waals surface area contributed by atoms with Crippen molar-refractivity contribution < 1.29 is 21.8 Å². The lowest BCUT2D eigenvalue weighted by Crippen LogP contribution is -2.55. The Morgan fingerprint density at radius 1 is 1.06 bits per heavy atom. The van der Waals surface area contributed by atoms with Crippen LogP contribution in [0.2, 0.25) is 5.02 Å². The van der Waals surface area contributed by atoms with Crippen LogP contribution in [-0.2, 0) is 18.4 Å². The molecule has 0 fully saturated rings. The van der Waals surface area contributed by atoms with Crippen molar-refractivity contribution in [2.75, 3.05) is 13.1 Å². The van der Waals surface area contributed by atoms with Crippen LogP contribution in [-0.4, -0.2) is 33.3 Å². The van der Waals surface area contributed by atoms with Gasteiger partial charge < -0.3 is 20.4 Å². The van der Waals surface area contributed by atoms with Gasteiger partial charge in [-0.2, -0.15) is 0 Å². The molecule has 1 aliphatic rings. The maximum absolute atomic E-state index is 10.2. The predicted molar refractivity (Wildman–Crippen MR) is 124 cm³/mol. The molecule has 1 heterocycles. The van der Waals surface area contributed by atoms with Crippen LogP contribution in [0.5, 0.6) is 11.5 Å². The molecule has 0 aliphatic carbocycles. The fourth-order valence-electron chi connectivity index (χ4n) is 4.33. The SMILES string of the molecule is CC1(c2ccccc2)c2cc(O)c(O)cc2CCN1C(=S)NCCc1ccc([ClH+])cc1. The summed E-state index contributed by atoms with van der Waals surface area (Å²) in [6.45, 7) is 3.54. The van der Waals surface area contributed by atoms with E-state index in [0.717, 1.165) is 34.6 Å². The van der Waals surface area contributed by atoms with E-state index >= 15 is 0 Å². The van der Waals surface area contributed by atoms with Crippen LogP contribution in [0.15, 0.2) is 66.7 Å². The van der Waals surface area contributed by atoms with Crippen molar-refractivity contribution in [1.29, 1.82) is 0 Å². The molecule has 1 aliphatic heterocycles. The van der Waals surface area contributed by atoms with Gasteiger partial charge in [-0.3, -0.25) is 0 Å². The van der Waals surface area contributed by atoms with Gasteiger partial charge in [0.1, 0.15) is 0 Å². The molecular weight excluding hydrogens is 428 g/mol. The fraction of sp³-hybridized carbons (Fsp3) is 0.240. The maximum atomic E-state index is 10.2. The van der Waals surface area contributed by atoms with Gasteiger partial charge in [0.15, 0.2) is 28.2 Å². The summed E-state index contributed by atoms with van der Waals surface area (Å²) in [6.07, 6.45) is 1.57. The Morgan fingerprint density at radius 2 is 1.74 bits per heavy atom. The molecule has 31 heavy (non-hydrogen) atoms. The first kappa shape index (κ1) is 21.5. The molecule has 1 atom stereocenters. The van der Waals surface area contributed by atoms with E-state index in [1.807, 2.05) is 42.5 Å². The molecule has 0 bridgehead atoms. The number of rotatable bonds is 4. The van der Waals surface area contributed by atoms with E-state index in [4.69, 9.17) is 23.8 Å². The van der Waals surface area contributed by atoms with E-state index < -0.39 is 5.54 Å². The highest BCUT2D eigenvalue weighted by molar-refractivity contribution is 7.80. The highest BCUT2D eigenvalue weighted by atomic mass is 35.5. The normalized spacial score (nSPS) is 17.8. The first-order valence-corrected chi connectivity index (χ1v) is 11.1. The first-order valence-electron chi connectivity index (χ1n) is 10.3. The number of benzene rings is 3. The fourth-order valence-corrected chi connectivity index (χ4v) is 4.84. The van der Waals surface area contributed by atoms with E-state index in [-0.39, 0.29) is 11.5 Å². The Bertz CT molecular complexity index is 1090. The van der Waals surface area contributed by atoms with Gasteiger partial charge in [0.05, 0.1) is 5.54 Å². The van der Waals surface area contributed by atoms with Crippen LogP contribution in [0.4, 0.5) is 0 Å². The van der Waals surface area contributed by atoms with Gasteiger partial charge in [0.25, 0.3) is 0 Å². The van der Waals surface area contributed by atoms with Crippen LogP contribution in [0.3, 0.4) is 0 Å². The molecule has 0 saturated carbocycles. The largest absolute Gasteiger partial charge is 0.504 e. The molecule has 3 aromatic rings. The molecule has 0 spiro atoms. The van der Waals surface area contributed by atoms with Gasteiger partial charge in [-0.1, -0.05) is 42.5 Å². The van der Waals surface area contributed by atoms with Gasteiger partial charge in [0.2, 0.25) is 5.02 Å². The Balaban J connectivity index is 1.62. The highest BCUT2D eigenvalue weighted by Crippen LogP contribution is 2.44. The molecule has 0 amide bonds. The summed E-state index contributed by atoms with van der Waals surface area (Å²) in [5.41, 5.74) is 3.68. The second kappa shape index (κ2) is 8.77. The molecule has 0 aromatic heterocycles. The lowest BCUT2D eigenvalue weighted by molar-refractivity contribution is -0.288. The van der Waals surface area contributed by atoms with Crippen LogP contribution in [0.25, 0.3) is 0 Å². The Kier molecular flexibility index (Phi) is 6.08. The monoisotopic (exact) mass is 453 g/mol. The minimum absolute atomic E-state index is 0.0894. The Hall–Kier alpha value is -2.76. The first-order chi connectivity index (χ1) is 14.9. The summed E-state index contributed by atoms with van der Waals surface area (Å²) in [5, 5.41) is 25.2. The third kappa shape index (κ3) is 4.21. The van der Waals surface area contributed by atoms with Crippen molar-refractivity contribution in [1.82, 2.24) is 10.2 Å². The zero-order valence-corrected chi connectivity index (χ0v) is 19.0. The van der Waals surface area contributed by atoms with Crippen LogP contribution in [0, 0.1) is 11.6 Å². The Labute approximate surface area is 193 Å². The zero-order valence-electron chi connectivity index (χ0n) is 17.3. The molecule has 160 valence electrons. The van der Waals surface area contributed by atoms with Gasteiger partial charge in [0, 0.05) is 25.2 Å². The summed E-state index contributed by atoms with van der Waals surface area (Å²) >= 11 is 11.0. The Morgan fingerprint density at radius 3 is 2.45 bits per heavy atom. The summed E-state index contributed by atoms with van der Waals surface area (Å²) < 4.78 is 0. The number of fused-ring (bicyclic) bond motifs is 1. The molecular formula is C25H26ClN2O2S+. The average molecular weight is 454 g/mol. The molecule has 3 N–H and O–H groups in total. The van der Waals surface area contributed by atoms with Crippen molar-refractivity contribution in [3.63, 3.8) is 0 Å². The van der Waals surface area contributed by atoms with Crippen molar-refractivity contribution in [2.45, 2.75) is 25.3 Å². The van der Waals surface area contributed by atoms with Crippen molar-refractivity contribution in [3.05, 3.63) is 94.0 Å². The minimum atomic E-state index is -0.575. The maximum Gasteiger partial charge on any atom is 0.225 e. The number of halogens is 1. The molecule has 4 nitrogen and oxygen atoms in total. The molecule has 0 saturated heterocycles. The lowest BCUT2D eigenvalue weighted by atomic mass is 9.77. The van der Waals surface area contributed by atoms with Crippen LogP contribution < -0.4 is 5.32 Å². The van der Waals surface area contributed by atoms with Gasteiger partial charge >= 0.3 is 0 Å². The summed E-state index contributed by atoms with van der Waals surface area (Å²) in [6, 6.07) is 21.5. The predicted octanol–water partition coefficient (Wildman–Crippen LogP) is 4.03. The summed E-state index contributed by atoms with van der Waals surface area (Å²) in [5.74, 6) is -0.208. The number of hydrogen-bond donors (Lipinski definition) is 3. The lowest BCUT2D eigenvalue weighted by Gasteiger charge is -2.48. The van der Waals surface area contributed by atoms with E-state index in [2.05, 4.69) is 29.3 Å². The second-order valence-electron chi connectivity index (χ2n) is 7.96. The van der Waals surface area contributed by atoms with Gasteiger partial charge in [-0.25, -0.2) is 0 Å². The average Bonchev–Trinajstić information content (AvgIpc) is 2.77. The molecule has 6 heteroatoms. The third-order valence-corrected chi connectivity index (χ3v) is 6.70. The quantitative estimate of drug-likeness (QED) is 0.411. The van der Waals surface area contributed by atoms with Crippen molar-refractivity contribution in [2.24, 2.45) is 0 Å². The number of aromatic hydroxyl groups is 2. The van der Waals surface area contributed by atoms with E-state index in [9.17, 15) is 10.2 Å². The topological polar surface area (TPSA) is 55.7 Å². The number of phenolic OH excluding ortho intramolecular Hbond substituents is 2. The summed E-state index contributed by atoms with van der Waals surface area (Å²) in [4.78, 5) is 2.18. The van der Waals surface area contributed by atoms with Crippen LogP contribution >= 0.6 is 12.2 Å². The number of nitrogens with one attached hydrogen (secondary N) is 1. The van der Waals surface area contributed by atoms with Crippen LogP contribution in [0.1, 0.15) is 29.2 Å². The smallest absolute Gasteiger partial charge is 0.225 e. The second-order valence-corrected chi connectivity index (χ2v) is 8.82. The number of hydrogen-bond acceptors (Lipinski definition) is 3. The van der Waals surface area contributed by atoms with Gasteiger partial charge in [-0.15, -0.1) is 0 Å². The third-order valence-electron chi connectivity index (χ3n) is 6.06. The van der Waals surface area contributed by atoms with Crippen molar-refractivity contribution in [3.8, 4) is 11.5 Å². The standard InChI is InChI=1S/C25H25ClN2O2S/c1-25(19-5-3-2-4-6-19)21-16-23(30)22(29)15-18(21)12-14-28(25)24(31)27-13-11-17-7-9-20(26)10-8-17/h2-10,15-16,26H,11-14H2,1H3,(H2-,27,29,30,31)/p+1. The molecule has 1 unspecified atom stereocenters. The number of phenols is 2. The summed E-state index contributed by atoms with van der Waals surface area (Å²) in [7, 11) is 0. The van der Waals surface area contributed by atoms with E-state index in [0.29, 0.717) is 18.2 Å².